The molecular formula is C12H23NO2. The van der Waals surface area contributed by atoms with E-state index in [0.29, 0.717) is 12.0 Å². The van der Waals surface area contributed by atoms with Crippen LogP contribution in [0.15, 0.2) is 0 Å². The standard InChI is InChI=1S/C12H23NO2/c1-14-7-4-11(13)10-3-8-15-12(9-10)5-2-6-12/h10-11H,2-9,13H2,1H3. The minimum Gasteiger partial charge on any atom is -0.385 e. The summed E-state index contributed by atoms with van der Waals surface area (Å²) in [6.45, 7) is 1.69. The van der Waals surface area contributed by atoms with Gasteiger partial charge in [0.1, 0.15) is 0 Å². The monoisotopic (exact) mass is 213 g/mol. The molecule has 2 atom stereocenters. The first-order chi connectivity index (χ1) is 7.26. The van der Waals surface area contributed by atoms with Gasteiger partial charge in [-0.15, -0.1) is 0 Å². The summed E-state index contributed by atoms with van der Waals surface area (Å²) < 4.78 is 11.0. The van der Waals surface area contributed by atoms with Crippen molar-refractivity contribution < 1.29 is 9.47 Å². The molecule has 0 aromatic rings. The number of ether oxygens (including phenoxy) is 2. The summed E-state index contributed by atoms with van der Waals surface area (Å²) >= 11 is 0. The van der Waals surface area contributed by atoms with E-state index in [1.54, 1.807) is 7.11 Å². The molecule has 88 valence electrons. The quantitative estimate of drug-likeness (QED) is 0.773. The first-order valence-corrected chi connectivity index (χ1v) is 6.14. The van der Waals surface area contributed by atoms with E-state index < -0.39 is 0 Å². The maximum Gasteiger partial charge on any atom is 0.0685 e. The van der Waals surface area contributed by atoms with Gasteiger partial charge in [0.2, 0.25) is 0 Å². The van der Waals surface area contributed by atoms with Gasteiger partial charge in [0.25, 0.3) is 0 Å². The van der Waals surface area contributed by atoms with Gasteiger partial charge in [0, 0.05) is 26.4 Å². The fourth-order valence-corrected chi connectivity index (χ4v) is 2.84. The average molecular weight is 213 g/mol. The number of nitrogens with two attached hydrogens (primary N) is 1. The fraction of sp³-hybridized carbons (Fsp3) is 1.00. The molecule has 2 unspecified atom stereocenters. The van der Waals surface area contributed by atoms with Crippen LogP contribution in [0, 0.1) is 5.92 Å². The van der Waals surface area contributed by atoms with E-state index in [2.05, 4.69) is 0 Å². The Morgan fingerprint density at radius 1 is 1.53 bits per heavy atom. The zero-order chi connectivity index (χ0) is 10.7. The molecule has 1 saturated carbocycles. The molecule has 0 radical (unpaired) electrons. The molecule has 3 heteroatoms. The molecule has 0 amide bonds. The van der Waals surface area contributed by atoms with E-state index in [9.17, 15) is 0 Å². The van der Waals surface area contributed by atoms with Crippen molar-refractivity contribution in [1.29, 1.82) is 0 Å². The SMILES string of the molecule is COCCC(N)C1CCOC2(CCC2)C1. The lowest BCUT2D eigenvalue weighted by atomic mass is 9.70. The van der Waals surface area contributed by atoms with Crippen LogP contribution in [0.1, 0.15) is 38.5 Å². The first-order valence-electron chi connectivity index (χ1n) is 6.14. The lowest BCUT2D eigenvalue weighted by Gasteiger charge is -2.48. The van der Waals surface area contributed by atoms with Crippen molar-refractivity contribution in [2.45, 2.75) is 50.2 Å². The molecule has 0 aromatic carbocycles. The van der Waals surface area contributed by atoms with Gasteiger partial charge in [0.15, 0.2) is 0 Å². The molecule has 3 nitrogen and oxygen atoms in total. The number of hydrogen-bond donors (Lipinski definition) is 1. The van der Waals surface area contributed by atoms with Crippen LogP contribution < -0.4 is 5.73 Å². The summed E-state index contributed by atoms with van der Waals surface area (Å²) in [5.74, 6) is 0.647. The summed E-state index contributed by atoms with van der Waals surface area (Å²) in [5.41, 5.74) is 6.43. The van der Waals surface area contributed by atoms with Crippen molar-refractivity contribution in [3.8, 4) is 0 Å². The van der Waals surface area contributed by atoms with Crippen molar-refractivity contribution in [1.82, 2.24) is 0 Å². The topological polar surface area (TPSA) is 44.5 Å². The predicted octanol–water partition coefficient (Wildman–Crippen LogP) is 1.70. The molecule has 1 heterocycles. The van der Waals surface area contributed by atoms with Crippen LogP contribution in [-0.2, 0) is 9.47 Å². The van der Waals surface area contributed by atoms with E-state index in [1.165, 1.54) is 25.7 Å². The van der Waals surface area contributed by atoms with Gasteiger partial charge in [-0.25, -0.2) is 0 Å². The second-order valence-electron chi connectivity index (χ2n) is 5.08. The van der Waals surface area contributed by atoms with Gasteiger partial charge in [-0.05, 0) is 44.4 Å². The van der Waals surface area contributed by atoms with E-state index in [1.807, 2.05) is 0 Å². The van der Waals surface area contributed by atoms with Gasteiger partial charge in [-0.1, -0.05) is 0 Å². The van der Waals surface area contributed by atoms with Crippen LogP contribution in [0.25, 0.3) is 0 Å². The summed E-state index contributed by atoms with van der Waals surface area (Å²) in [6, 6.07) is 0.298. The van der Waals surface area contributed by atoms with Crippen LogP contribution in [0.4, 0.5) is 0 Å². The largest absolute Gasteiger partial charge is 0.385 e. The number of methoxy groups -OCH3 is 1. The molecule has 2 N–H and O–H groups in total. The van der Waals surface area contributed by atoms with Crippen LogP contribution in [0.3, 0.4) is 0 Å². The summed E-state index contributed by atoms with van der Waals surface area (Å²) in [7, 11) is 1.74. The highest BCUT2D eigenvalue weighted by molar-refractivity contribution is 4.95. The van der Waals surface area contributed by atoms with Gasteiger partial charge in [-0.3, -0.25) is 0 Å². The molecule has 15 heavy (non-hydrogen) atoms. The minimum absolute atomic E-state index is 0.230. The van der Waals surface area contributed by atoms with Crippen molar-refractivity contribution in [2.75, 3.05) is 20.3 Å². The Morgan fingerprint density at radius 2 is 2.33 bits per heavy atom. The molecule has 2 fully saturated rings. The Balaban J connectivity index is 1.81. The molecule has 0 bridgehead atoms. The third-order valence-corrected chi connectivity index (χ3v) is 4.06. The van der Waals surface area contributed by atoms with Crippen molar-refractivity contribution in [2.24, 2.45) is 11.7 Å². The normalized spacial score (nSPS) is 31.2. The van der Waals surface area contributed by atoms with Crippen molar-refractivity contribution >= 4 is 0 Å². The van der Waals surface area contributed by atoms with Crippen LogP contribution in [0.5, 0.6) is 0 Å². The Kier molecular flexibility index (Phi) is 3.65. The van der Waals surface area contributed by atoms with Gasteiger partial charge in [0.05, 0.1) is 5.60 Å². The van der Waals surface area contributed by atoms with Crippen LogP contribution >= 0.6 is 0 Å². The number of hydrogen-bond acceptors (Lipinski definition) is 3. The number of rotatable bonds is 4. The molecule has 0 aromatic heterocycles. The molecule has 2 aliphatic rings. The van der Waals surface area contributed by atoms with E-state index in [4.69, 9.17) is 15.2 Å². The Labute approximate surface area is 92.3 Å². The van der Waals surface area contributed by atoms with Crippen molar-refractivity contribution in [3.05, 3.63) is 0 Å². The summed E-state index contributed by atoms with van der Waals surface area (Å²) in [6.07, 6.45) is 7.13. The van der Waals surface area contributed by atoms with Crippen LogP contribution in [-0.4, -0.2) is 32.0 Å². The lowest BCUT2D eigenvalue weighted by Crippen LogP contribution is -2.49. The van der Waals surface area contributed by atoms with E-state index in [0.717, 1.165) is 26.1 Å². The Bertz CT molecular complexity index is 204. The molecule has 1 saturated heterocycles. The van der Waals surface area contributed by atoms with E-state index in [-0.39, 0.29) is 5.60 Å². The Morgan fingerprint density at radius 3 is 2.93 bits per heavy atom. The summed E-state index contributed by atoms with van der Waals surface area (Å²) in [5, 5.41) is 0. The van der Waals surface area contributed by atoms with Gasteiger partial charge < -0.3 is 15.2 Å². The maximum atomic E-state index is 6.20. The third kappa shape index (κ3) is 2.52. The third-order valence-electron chi connectivity index (χ3n) is 4.06. The van der Waals surface area contributed by atoms with Gasteiger partial charge in [-0.2, -0.15) is 0 Å². The van der Waals surface area contributed by atoms with Crippen LogP contribution in [0.2, 0.25) is 0 Å². The second kappa shape index (κ2) is 4.81. The molecule has 1 aliphatic carbocycles. The Hall–Kier alpha value is -0.120. The molecule has 1 aliphatic heterocycles. The highest BCUT2D eigenvalue weighted by Gasteiger charge is 2.43. The first kappa shape index (κ1) is 11.4. The predicted molar refractivity (Wildman–Crippen MR) is 59.7 cm³/mol. The second-order valence-corrected chi connectivity index (χ2v) is 5.08. The molecule has 2 rings (SSSR count). The smallest absolute Gasteiger partial charge is 0.0685 e. The lowest BCUT2D eigenvalue weighted by molar-refractivity contribution is -0.146. The zero-order valence-corrected chi connectivity index (χ0v) is 9.71. The highest BCUT2D eigenvalue weighted by atomic mass is 16.5. The van der Waals surface area contributed by atoms with E-state index >= 15 is 0 Å². The minimum atomic E-state index is 0.230. The fourth-order valence-electron chi connectivity index (χ4n) is 2.84. The average Bonchev–Trinajstić information content (AvgIpc) is 2.24. The maximum absolute atomic E-state index is 6.20. The molecular weight excluding hydrogens is 190 g/mol. The van der Waals surface area contributed by atoms with Gasteiger partial charge >= 0.3 is 0 Å². The van der Waals surface area contributed by atoms with Crippen molar-refractivity contribution in [3.63, 3.8) is 0 Å². The summed E-state index contributed by atoms with van der Waals surface area (Å²) in [4.78, 5) is 0. The molecule has 1 spiro atoms. The zero-order valence-electron chi connectivity index (χ0n) is 9.71. The highest BCUT2D eigenvalue weighted by Crippen LogP contribution is 2.44.